The van der Waals surface area contributed by atoms with Crippen LogP contribution in [0.25, 0.3) is 5.69 Å². The molecule has 0 unspecified atom stereocenters. The van der Waals surface area contributed by atoms with E-state index in [1.54, 1.807) is 26.0 Å². The van der Waals surface area contributed by atoms with Gasteiger partial charge >= 0.3 is 5.97 Å². The maximum absolute atomic E-state index is 12.0. The highest BCUT2D eigenvalue weighted by atomic mass is 16.5. The van der Waals surface area contributed by atoms with Gasteiger partial charge in [-0.15, -0.1) is 0 Å². The summed E-state index contributed by atoms with van der Waals surface area (Å²) in [5.41, 5.74) is 1.55. The number of carbonyl (C=O) groups is 2. The summed E-state index contributed by atoms with van der Waals surface area (Å²) in [5, 5.41) is 2.71. The summed E-state index contributed by atoms with van der Waals surface area (Å²) in [4.78, 5) is 23.3. The fourth-order valence-corrected chi connectivity index (χ4v) is 1.99. The van der Waals surface area contributed by atoms with Gasteiger partial charge in [0.2, 0.25) is 0 Å². The molecule has 5 nitrogen and oxygen atoms in total. The Morgan fingerprint density at radius 3 is 2.36 bits per heavy atom. The first-order valence-electron chi connectivity index (χ1n) is 7.27. The van der Waals surface area contributed by atoms with Crippen molar-refractivity contribution in [3.63, 3.8) is 0 Å². The van der Waals surface area contributed by atoms with Gasteiger partial charge < -0.3 is 14.6 Å². The molecule has 2 aromatic rings. The number of aromatic nitrogens is 1. The number of hydrogen-bond donors (Lipinski definition) is 1. The number of rotatable bonds is 6. The van der Waals surface area contributed by atoms with Gasteiger partial charge in [-0.05, 0) is 50.2 Å². The molecule has 0 saturated heterocycles. The topological polar surface area (TPSA) is 60.3 Å². The maximum Gasteiger partial charge on any atom is 0.307 e. The number of carbonyl (C=O) groups excluding carboxylic acids is 2. The Morgan fingerprint density at radius 2 is 1.77 bits per heavy atom. The molecule has 0 radical (unpaired) electrons. The van der Waals surface area contributed by atoms with E-state index in [1.807, 2.05) is 41.2 Å². The minimum absolute atomic E-state index is 0.135. The monoisotopic (exact) mass is 300 g/mol. The first-order chi connectivity index (χ1) is 10.6. The van der Waals surface area contributed by atoms with Gasteiger partial charge in [0.25, 0.3) is 5.91 Å². The summed E-state index contributed by atoms with van der Waals surface area (Å²) in [6, 6.07) is 11.2. The number of benzene rings is 1. The van der Waals surface area contributed by atoms with Crippen molar-refractivity contribution in [1.82, 2.24) is 9.88 Å². The second kappa shape index (κ2) is 7.45. The Hall–Kier alpha value is -2.56. The molecule has 1 amide bonds. The molecule has 0 fully saturated rings. The first-order valence-corrected chi connectivity index (χ1v) is 7.27. The van der Waals surface area contributed by atoms with Gasteiger partial charge in [0.1, 0.15) is 0 Å². The highest BCUT2D eigenvalue weighted by Crippen LogP contribution is 2.10. The predicted molar refractivity (Wildman–Crippen MR) is 83.9 cm³/mol. The molecular weight excluding hydrogens is 280 g/mol. The van der Waals surface area contributed by atoms with Crippen molar-refractivity contribution < 1.29 is 14.3 Å². The van der Waals surface area contributed by atoms with Crippen molar-refractivity contribution in [3.05, 3.63) is 54.4 Å². The van der Waals surface area contributed by atoms with Crippen LogP contribution in [0.3, 0.4) is 0 Å². The van der Waals surface area contributed by atoms with E-state index < -0.39 is 0 Å². The minimum atomic E-state index is -0.307. The third kappa shape index (κ3) is 4.48. The molecule has 22 heavy (non-hydrogen) atoms. The summed E-state index contributed by atoms with van der Waals surface area (Å²) in [7, 11) is 0. The van der Waals surface area contributed by atoms with Crippen molar-refractivity contribution >= 4 is 11.9 Å². The third-order valence-corrected chi connectivity index (χ3v) is 3.01. The lowest BCUT2D eigenvalue weighted by Gasteiger charge is -2.09. The Kier molecular flexibility index (Phi) is 5.36. The van der Waals surface area contributed by atoms with Crippen LogP contribution in [0.1, 0.15) is 30.6 Å². The van der Waals surface area contributed by atoms with Crippen LogP contribution in [0.4, 0.5) is 0 Å². The number of hydrogen-bond acceptors (Lipinski definition) is 3. The van der Waals surface area contributed by atoms with Crippen LogP contribution < -0.4 is 5.32 Å². The van der Waals surface area contributed by atoms with Crippen LogP contribution in [0.2, 0.25) is 0 Å². The van der Waals surface area contributed by atoms with Crippen molar-refractivity contribution in [3.8, 4) is 5.69 Å². The van der Waals surface area contributed by atoms with Crippen LogP contribution in [-0.2, 0) is 9.53 Å². The maximum atomic E-state index is 12.0. The number of ether oxygens (including phenoxy) is 1. The summed E-state index contributed by atoms with van der Waals surface area (Å²) in [5.74, 6) is -0.505. The van der Waals surface area contributed by atoms with Gasteiger partial charge in [0.15, 0.2) is 0 Å². The van der Waals surface area contributed by atoms with Crippen molar-refractivity contribution in [2.24, 2.45) is 0 Å². The van der Waals surface area contributed by atoms with Gasteiger partial charge in [0.05, 0.1) is 12.5 Å². The Morgan fingerprint density at radius 1 is 1.14 bits per heavy atom. The lowest BCUT2D eigenvalue weighted by molar-refractivity contribution is -0.147. The van der Waals surface area contributed by atoms with E-state index in [2.05, 4.69) is 5.32 Å². The molecule has 1 aromatic carbocycles. The van der Waals surface area contributed by atoms with Crippen LogP contribution in [0, 0.1) is 0 Å². The molecule has 1 heterocycles. The molecule has 0 bridgehead atoms. The summed E-state index contributed by atoms with van der Waals surface area (Å²) in [6.45, 7) is 3.86. The summed E-state index contributed by atoms with van der Waals surface area (Å²) < 4.78 is 6.96. The second-order valence-electron chi connectivity index (χ2n) is 5.18. The van der Waals surface area contributed by atoms with E-state index in [-0.39, 0.29) is 30.9 Å². The molecule has 1 aromatic heterocycles. The SMILES string of the molecule is CC(C)OC(=O)CCNC(=O)c1ccc(-n2cccc2)cc1. The van der Waals surface area contributed by atoms with Gasteiger partial charge in [-0.2, -0.15) is 0 Å². The van der Waals surface area contributed by atoms with Gasteiger partial charge in [-0.25, -0.2) is 0 Å². The number of nitrogens with one attached hydrogen (secondary N) is 1. The van der Waals surface area contributed by atoms with Gasteiger partial charge in [-0.3, -0.25) is 9.59 Å². The normalized spacial score (nSPS) is 10.5. The van der Waals surface area contributed by atoms with Gasteiger partial charge in [-0.1, -0.05) is 0 Å². The molecule has 0 aliphatic heterocycles. The van der Waals surface area contributed by atoms with Crippen molar-refractivity contribution in [2.75, 3.05) is 6.54 Å². The van der Waals surface area contributed by atoms with Crippen molar-refractivity contribution in [2.45, 2.75) is 26.4 Å². The number of nitrogens with zero attached hydrogens (tertiary/aromatic N) is 1. The van der Waals surface area contributed by atoms with Crippen molar-refractivity contribution in [1.29, 1.82) is 0 Å². The Labute approximate surface area is 129 Å². The second-order valence-corrected chi connectivity index (χ2v) is 5.18. The molecule has 0 spiro atoms. The molecule has 0 atom stereocenters. The smallest absolute Gasteiger partial charge is 0.307 e. The largest absolute Gasteiger partial charge is 0.463 e. The molecular formula is C17H20N2O3. The number of amides is 1. The zero-order chi connectivity index (χ0) is 15.9. The minimum Gasteiger partial charge on any atom is -0.463 e. The molecule has 0 saturated carbocycles. The third-order valence-electron chi connectivity index (χ3n) is 3.01. The van der Waals surface area contributed by atoms with E-state index in [9.17, 15) is 9.59 Å². The number of esters is 1. The molecule has 5 heteroatoms. The highest BCUT2D eigenvalue weighted by Gasteiger charge is 2.08. The van der Waals surface area contributed by atoms with Crippen LogP contribution in [-0.4, -0.2) is 29.1 Å². The average molecular weight is 300 g/mol. The molecule has 0 aliphatic rings. The highest BCUT2D eigenvalue weighted by molar-refractivity contribution is 5.94. The Balaban J connectivity index is 1.84. The fraction of sp³-hybridized carbons (Fsp3) is 0.294. The predicted octanol–water partition coefficient (Wildman–Crippen LogP) is 2.55. The van der Waals surface area contributed by atoms with Gasteiger partial charge in [0, 0.05) is 30.2 Å². The fourth-order valence-electron chi connectivity index (χ4n) is 1.99. The zero-order valence-corrected chi connectivity index (χ0v) is 12.8. The Bertz CT molecular complexity index is 616. The molecule has 0 aliphatic carbocycles. The average Bonchev–Trinajstić information content (AvgIpc) is 3.00. The van der Waals surface area contributed by atoms with Crippen LogP contribution in [0.5, 0.6) is 0 Å². The standard InChI is InChI=1S/C17H20N2O3/c1-13(2)22-16(20)9-10-18-17(21)14-5-7-15(8-6-14)19-11-3-4-12-19/h3-8,11-13H,9-10H2,1-2H3,(H,18,21). The quantitative estimate of drug-likeness (QED) is 0.834. The molecule has 116 valence electrons. The van der Waals surface area contributed by atoms with Crippen LogP contribution in [0.15, 0.2) is 48.8 Å². The van der Waals surface area contributed by atoms with E-state index >= 15 is 0 Å². The lowest BCUT2D eigenvalue weighted by Crippen LogP contribution is -2.27. The first kappa shape index (κ1) is 15.8. The summed E-state index contributed by atoms with van der Waals surface area (Å²) in [6.07, 6.45) is 3.92. The molecule has 2 rings (SSSR count). The van der Waals surface area contributed by atoms with E-state index in [0.29, 0.717) is 5.56 Å². The zero-order valence-electron chi connectivity index (χ0n) is 12.8. The lowest BCUT2D eigenvalue weighted by atomic mass is 10.2. The molecule has 1 N–H and O–H groups in total. The van der Waals surface area contributed by atoms with E-state index in [4.69, 9.17) is 4.74 Å². The van der Waals surface area contributed by atoms with Crippen LogP contribution >= 0.6 is 0 Å². The van der Waals surface area contributed by atoms with E-state index in [0.717, 1.165) is 5.69 Å². The van der Waals surface area contributed by atoms with E-state index in [1.165, 1.54) is 0 Å². The summed E-state index contributed by atoms with van der Waals surface area (Å²) >= 11 is 0.